The van der Waals surface area contributed by atoms with Crippen LogP contribution in [0.4, 0.5) is 17.6 Å². The number of aromatic nitrogens is 1. The standard InChI is InChI=1S/C24H13F4N/c1-14-2-9-23(29-13-14)17-11-21(26)19(22(27)12-17)7-4-15-3-6-18-16(10-15)5-8-20(25)24(18)28/h2-3,5-6,8-13H,1H3. The second kappa shape index (κ2) is 7.40. The molecule has 0 saturated heterocycles. The maximum atomic E-state index is 14.5. The summed E-state index contributed by atoms with van der Waals surface area (Å²) >= 11 is 0. The van der Waals surface area contributed by atoms with Gasteiger partial charge in [0.25, 0.3) is 0 Å². The summed E-state index contributed by atoms with van der Waals surface area (Å²) in [5, 5.41) is 0.556. The molecule has 0 aliphatic heterocycles. The Balaban J connectivity index is 1.70. The zero-order valence-electron chi connectivity index (χ0n) is 15.2. The van der Waals surface area contributed by atoms with E-state index in [9.17, 15) is 17.6 Å². The number of halogens is 4. The number of hydrogen-bond donors (Lipinski definition) is 0. The molecule has 0 saturated carbocycles. The Labute approximate surface area is 164 Å². The van der Waals surface area contributed by atoms with Gasteiger partial charge in [0.15, 0.2) is 11.6 Å². The van der Waals surface area contributed by atoms with Crippen LogP contribution in [0.2, 0.25) is 0 Å². The quantitative estimate of drug-likeness (QED) is 0.279. The Bertz CT molecular complexity index is 1280. The maximum absolute atomic E-state index is 14.5. The van der Waals surface area contributed by atoms with Crippen LogP contribution in [-0.4, -0.2) is 4.98 Å². The van der Waals surface area contributed by atoms with Crippen LogP contribution in [0, 0.1) is 42.0 Å². The van der Waals surface area contributed by atoms with Gasteiger partial charge in [0.1, 0.15) is 11.6 Å². The van der Waals surface area contributed by atoms with Crippen molar-refractivity contribution in [2.45, 2.75) is 6.92 Å². The number of benzene rings is 3. The molecule has 4 aromatic rings. The molecule has 0 amide bonds. The first-order valence-corrected chi connectivity index (χ1v) is 8.74. The van der Waals surface area contributed by atoms with Gasteiger partial charge in [-0.15, -0.1) is 0 Å². The van der Waals surface area contributed by atoms with Gasteiger partial charge in [0.2, 0.25) is 0 Å². The minimum atomic E-state index is -0.945. The third-order valence-corrected chi connectivity index (χ3v) is 4.49. The Hall–Kier alpha value is -3.65. The summed E-state index contributed by atoms with van der Waals surface area (Å²) in [5.74, 6) is 1.67. The van der Waals surface area contributed by atoms with E-state index in [-0.39, 0.29) is 10.9 Å². The third kappa shape index (κ3) is 3.70. The van der Waals surface area contributed by atoms with Crippen molar-refractivity contribution in [2.75, 3.05) is 0 Å². The van der Waals surface area contributed by atoms with Crippen molar-refractivity contribution in [3.63, 3.8) is 0 Å². The van der Waals surface area contributed by atoms with E-state index >= 15 is 0 Å². The Morgan fingerprint density at radius 3 is 2.21 bits per heavy atom. The molecular formula is C24H13F4N. The molecule has 3 aromatic carbocycles. The van der Waals surface area contributed by atoms with Gasteiger partial charge in [0, 0.05) is 22.7 Å². The molecule has 0 fully saturated rings. The van der Waals surface area contributed by atoms with Crippen LogP contribution < -0.4 is 0 Å². The normalized spacial score (nSPS) is 10.7. The highest BCUT2D eigenvalue weighted by Gasteiger charge is 2.11. The van der Waals surface area contributed by atoms with Gasteiger partial charge < -0.3 is 0 Å². The van der Waals surface area contributed by atoms with E-state index in [2.05, 4.69) is 16.8 Å². The summed E-state index contributed by atoms with van der Waals surface area (Å²) in [6.45, 7) is 1.87. The number of nitrogens with zero attached hydrogens (tertiary/aromatic N) is 1. The fourth-order valence-corrected chi connectivity index (χ4v) is 2.96. The van der Waals surface area contributed by atoms with Crippen LogP contribution >= 0.6 is 0 Å². The number of pyridine rings is 1. The van der Waals surface area contributed by atoms with Crippen LogP contribution in [0.5, 0.6) is 0 Å². The zero-order chi connectivity index (χ0) is 20.5. The fourth-order valence-electron chi connectivity index (χ4n) is 2.96. The molecule has 1 nitrogen and oxygen atoms in total. The molecule has 29 heavy (non-hydrogen) atoms. The molecule has 0 radical (unpaired) electrons. The lowest BCUT2D eigenvalue weighted by Gasteiger charge is -2.04. The molecule has 142 valence electrons. The number of aryl methyl sites for hydroxylation is 1. The molecule has 0 atom stereocenters. The van der Waals surface area contributed by atoms with Crippen molar-refractivity contribution in [3.8, 4) is 23.1 Å². The molecule has 0 bridgehead atoms. The van der Waals surface area contributed by atoms with Crippen molar-refractivity contribution in [1.29, 1.82) is 0 Å². The van der Waals surface area contributed by atoms with E-state index in [1.54, 1.807) is 18.3 Å². The SMILES string of the molecule is Cc1ccc(-c2cc(F)c(C#Cc3ccc4c(F)c(F)ccc4c3)c(F)c2)nc1. The average molecular weight is 391 g/mol. The highest BCUT2D eigenvalue weighted by Crippen LogP contribution is 2.24. The topological polar surface area (TPSA) is 12.9 Å². The molecule has 0 aliphatic rings. The van der Waals surface area contributed by atoms with Crippen LogP contribution in [0.15, 0.2) is 60.8 Å². The minimum absolute atomic E-state index is 0.114. The van der Waals surface area contributed by atoms with E-state index in [0.717, 1.165) is 11.6 Å². The van der Waals surface area contributed by atoms with Gasteiger partial charge in [-0.3, -0.25) is 4.98 Å². The summed E-state index contributed by atoms with van der Waals surface area (Å²) in [6, 6.07) is 12.7. The highest BCUT2D eigenvalue weighted by molar-refractivity contribution is 5.84. The summed E-state index contributed by atoms with van der Waals surface area (Å²) < 4.78 is 56.0. The molecule has 4 rings (SSSR count). The van der Waals surface area contributed by atoms with Crippen molar-refractivity contribution in [1.82, 2.24) is 4.98 Å². The summed E-state index contributed by atoms with van der Waals surface area (Å²) in [5.41, 5.74) is 1.76. The molecule has 0 N–H and O–H groups in total. The first-order valence-electron chi connectivity index (χ1n) is 8.74. The molecule has 1 heterocycles. The monoisotopic (exact) mass is 391 g/mol. The lowest BCUT2D eigenvalue weighted by atomic mass is 10.0. The summed E-state index contributed by atoms with van der Waals surface area (Å²) in [7, 11) is 0. The van der Waals surface area contributed by atoms with E-state index in [4.69, 9.17) is 0 Å². The van der Waals surface area contributed by atoms with Crippen LogP contribution in [-0.2, 0) is 0 Å². The predicted molar refractivity (Wildman–Crippen MR) is 104 cm³/mol. The largest absolute Gasteiger partial charge is 0.256 e. The van der Waals surface area contributed by atoms with Gasteiger partial charge in [-0.1, -0.05) is 30.0 Å². The first-order chi connectivity index (χ1) is 13.9. The number of fused-ring (bicyclic) bond motifs is 1. The molecule has 0 unspecified atom stereocenters. The number of hydrogen-bond acceptors (Lipinski definition) is 1. The van der Waals surface area contributed by atoms with E-state index in [1.807, 2.05) is 6.92 Å². The van der Waals surface area contributed by atoms with Gasteiger partial charge in [-0.25, -0.2) is 17.6 Å². The predicted octanol–water partition coefficient (Wildman–Crippen LogP) is 6.17. The van der Waals surface area contributed by atoms with Crippen LogP contribution in [0.25, 0.3) is 22.0 Å². The molecule has 0 spiro atoms. The second-order valence-corrected chi connectivity index (χ2v) is 6.58. The Morgan fingerprint density at radius 2 is 1.52 bits per heavy atom. The van der Waals surface area contributed by atoms with Crippen molar-refractivity contribution in [2.24, 2.45) is 0 Å². The third-order valence-electron chi connectivity index (χ3n) is 4.49. The molecular weight excluding hydrogens is 378 g/mol. The average Bonchev–Trinajstić information content (AvgIpc) is 2.70. The van der Waals surface area contributed by atoms with Gasteiger partial charge >= 0.3 is 0 Å². The lowest BCUT2D eigenvalue weighted by molar-refractivity contribution is 0.517. The second-order valence-electron chi connectivity index (χ2n) is 6.58. The van der Waals surface area contributed by atoms with Crippen molar-refractivity contribution < 1.29 is 17.6 Å². The maximum Gasteiger partial charge on any atom is 0.166 e. The molecule has 1 aromatic heterocycles. The van der Waals surface area contributed by atoms with E-state index in [1.165, 1.54) is 36.4 Å². The van der Waals surface area contributed by atoms with Gasteiger partial charge in [0.05, 0.1) is 11.3 Å². The molecule has 5 heteroatoms. The van der Waals surface area contributed by atoms with E-state index in [0.29, 0.717) is 22.2 Å². The van der Waals surface area contributed by atoms with Gasteiger partial charge in [-0.2, -0.15) is 0 Å². The zero-order valence-corrected chi connectivity index (χ0v) is 15.2. The van der Waals surface area contributed by atoms with Crippen molar-refractivity contribution in [3.05, 3.63) is 101 Å². The summed E-state index contributed by atoms with van der Waals surface area (Å²) in [6.07, 6.45) is 1.62. The molecule has 0 aliphatic carbocycles. The Kier molecular flexibility index (Phi) is 4.77. The lowest BCUT2D eigenvalue weighted by Crippen LogP contribution is -1.94. The van der Waals surface area contributed by atoms with Crippen LogP contribution in [0.3, 0.4) is 0 Å². The number of rotatable bonds is 1. The van der Waals surface area contributed by atoms with Crippen LogP contribution in [0.1, 0.15) is 16.7 Å². The minimum Gasteiger partial charge on any atom is -0.256 e. The smallest absolute Gasteiger partial charge is 0.166 e. The highest BCUT2D eigenvalue weighted by atomic mass is 19.2. The van der Waals surface area contributed by atoms with E-state index < -0.39 is 23.3 Å². The fraction of sp³-hybridized carbons (Fsp3) is 0.0417. The Morgan fingerprint density at radius 1 is 0.759 bits per heavy atom. The first kappa shape index (κ1) is 18.7. The van der Waals surface area contributed by atoms with Gasteiger partial charge in [-0.05, 0) is 54.3 Å². The summed E-state index contributed by atoms with van der Waals surface area (Å²) in [4.78, 5) is 4.17. The van der Waals surface area contributed by atoms with Crippen molar-refractivity contribution >= 4 is 10.8 Å².